The first-order valence-corrected chi connectivity index (χ1v) is 16.0. The molecule has 0 amide bonds. The Balaban J connectivity index is 1.74. The van der Waals surface area contributed by atoms with E-state index in [1.165, 1.54) is 8.61 Å². The number of anilines is 2. The monoisotopic (exact) mass is 571 g/mol. The van der Waals surface area contributed by atoms with Crippen LogP contribution in [0.25, 0.3) is 0 Å². The lowest BCUT2D eigenvalue weighted by atomic mass is 10.0. The Labute approximate surface area is 232 Å². The van der Waals surface area contributed by atoms with Crippen LogP contribution in [0, 0.1) is 19.8 Å². The molecule has 0 bridgehead atoms. The van der Waals surface area contributed by atoms with Gasteiger partial charge < -0.3 is 10.4 Å². The van der Waals surface area contributed by atoms with E-state index in [0.717, 1.165) is 11.1 Å². The highest BCUT2D eigenvalue weighted by atomic mass is 32.2. The average molecular weight is 572 g/mol. The molecule has 3 aromatic carbocycles. The number of hydrogen-bond donors (Lipinski definition) is 2. The van der Waals surface area contributed by atoms with Gasteiger partial charge in [-0.3, -0.25) is 4.31 Å². The fourth-order valence-electron chi connectivity index (χ4n) is 4.88. The number of aliphatic hydroxyl groups excluding tert-OH is 1. The van der Waals surface area contributed by atoms with E-state index < -0.39 is 32.1 Å². The quantitative estimate of drug-likeness (QED) is 0.374. The summed E-state index contributed by atoms with van der Waals surface area (Å²) in [5.41, 5.74) is 2.98. The lowest BCUT2D eigenvalue weighted by Crippen LogP contribution is -2.53. The molecule has 0 fully saturated rings. The maximum atomic E-state index is 13.9. The van der Waals surface area contributed by atoms with Crippen LogP contribution in [0.1, 0.15) is 31.4 Å². The molecule has 0 aromatic heterocycles. The first-order valence-electron chi connectivity index (χ1n) is 13.1. The number of nitrogens with one attached hydrogen (secondary N) is 1. The van der Waals surface area contributed by atoms with Gasteiger partial charge in [-0.2, -0.15) is 4.31 Å². The molecule has 4 rings (SSSR count). The molecule has 39 heavy (non-hydrogen) atoms. The summed E-state index contributed by atoms with van der Waals surface area (Å²) >= 11 is 0. The molecule has 0 unspecified atom stereocenters. The number of hydrogen-bond acceptors (Lipinski definition) is 6. The second kappa shape index (κ2) is 11.7. The predicted octanol–water partition coefficient (Wildman–Crippen LogP) is 4.39. The Hall–Kier alpha value is -2.92. The summed E-state index contributed by atoms with van der Waals surface area (Å²) in [5.74, 6) is 0.135. The average Bonchev–Trinajstić information content (AvgIpc) is 2.90. The van der Waals surface area contributed by atoms with Crippen molar-refractivity contribution in [2.75, 3.05) is 29.3 Å². The molecular formula is C29H37N3O5S2. The van der Waals surface area contributed by atoms with Crippen molar-refractivity contribution in [3.8, 4) is 0 Å². The summed E-state index contributed by atoms with van der Waals surface area (Å²) < 4.78 is 58.2. The third kappa shape index (κ3) is 6.30. The van der Waals surface area contributed by atoms with E-state index in [4.69, 9.17) is 0 Å². The molecular weight excluding hydrogens is 534 g/mol. The van der Waals surface area contributed by atoms with Crippen molar-refractivity contribution in [3.63, 3.8) is 0 Å². The first kappa shape index (κ1) is 29.1. The number of rotatable bonds is 10. The minimum absolute atomic E-state index is 0.0208. The molecule has 8 nitrogen and oxygen atoms in total. The molecule has 2 atom stereocenters. The van der Waals surface area contributed by atoms with Gasteiger partial charge >= 0.3 is 0 Å². The lowest BCUT2D eigenvalue weighted by molar-refractivity contribution is 0.165. The van der Waals surface area contributed by atoms with Crippen molar-refractivity contribution in [1.82, 2.24) is 4.31 Å². The second-order valence-electron chi connectivity index (χ2n) is 10.6. The van der Waals surface area contributed by atoms with Crippen molar-refractivity contribution in [2.24, 2.45) is 5.92 Å². The summed E-state index contributed by atoms with van der Waals surface area (Å²) in [7, 11) is -7.92. The van der Waals surface area contributed by atoms with E-state index in [9.17, 15) is 21.9 Å². The van der Waals surface area contributed by atoms with Crippen LogP contribution in [-0.4, -0.2) is 58.0 Å². The largest absolute Gasteiger partial charge is 0.395 e. The van der Waals surface area contributed by atoms with E-state index >= 15 is 0 Å². The Kier molecular flexibility index (Phi) is 8.70. The van der Waals surface area contributed by atoms with Crippen LogP contribution >= 0.6 is 0 Å². The van der Waals surface area contributed by atoms with Crippen molar-refractivity contribution >= 4 is 31.4 Å². The standard InChI is InChI=1S/C29H37N3O5S2/c1-21(2)17-25(20-33)31(38(34,35)26-13-9-22(3)10-14-26)18-24-19-32(29-8-6-5-7-28(29)30-24)39(36,37)27-15-11-23(4)12-16-27/h5-16,21,24-25,30,33H,17-20H2,1-4H3/t24-,25+/m1/s1. The number of nitrogens with zero attached hydrogens (tertiary/aromatic N) is 2. The predicted molar refractivity (Wildman–Crippen MR) is 155 cm³/mol. The molecule has 1 aliphatic heterocycles. The van der Waals surface area contributed by atoms with Crippen LogP contribution in [0.2, 0.25) is 0 Å². The summed E-state index contributed by atoms with van der Waals surface area (Å²) in [6.45, 7) is 7.38. The lowest BCUT2D eigenvalue weighted by Gasteiger charge is -2.40. The minimum atomic E-state index is -4.00. The third-order valence-corrected chi connectivity index (χ3v) is 10.6. The smallest absolute Gasteiger partial charge is 0.264 e. The highest BCUT2D eigenvalue weighted by Crippen LogP contribution is 2.35. The SMILES string of the molecule is Cc1ccc(S(=O)(=O)N2C[C@@H](CN([C@H](CO)CC(C)C)S(=O)(=O)c3ccc(C)cc3)Nc3ccccc32)cc1. The molecule has 1 aliphatic rings. The van der Waals surface area contributed by atoms with Crippen molar-refractivity contribution in [2.45, 2.75) is 56.0 Å². The molecule has 2 N–H and O–H groups in total. The molecule has 3 aromatic rings. The van der Waals surface area contributed by atoms with Gasteiger partial charge in [0.1, 0.15) is 0 Å². The fourth-order valence-corrected chi connectivity index (χ4v) is 8.08. The van der Waals surface area contributed by atoms with Crippen molar-refractivity contribution in [3.05, 3.63) is 83.9 Å². The summed E-state index contributed by atoms with van der Waals surface area (Å²) in [4.78, 5) is 0.302. The Bertz CT molecular complexity index is 1490. The topological polar surface area (TPSA) is 107 Å². The zero-order chi connectivity index (χ0) is 28.4. The minimum Gasteiger partial charge on any atom is -0.395 e. The van der Waals surface area contributed by atoms with E-state index in [2.05, 4.69) is 5.32 Å². The van der Waals surface area contributed by atoms with Gasteiger partial charge in [-0.15, -0.1) is 0 Å². The van der Waals surface area contributed by atoms with Gasteiger partial charge in [0.25, 0.3) is 10.0 Å². The number of para-hydroxylation sites is 2. The maximum Gasteiger partial charge on any atom is 0.264 e. The van der Waals surface area contributed by atoms with Gasteiger partial charge in [0.2, 0.25) is 10.0 Å². The first-order chi connectivity index (χ1) is 18.4. The number of fused-ring (bicyclic) bond motifs is 1. The highest BCUT2D eigenvalue weighted by molar-refractivity contribution is 7.92. The summed E-state index contributed by atoms with van der Waals surface area (Å²) in [6.07, 6.45) is 0.455. The van der Waals surface area contributed by atoms with E-state index in [0.29, 0.717) is 17.8 Å². The van der Waals surface area contributed by atoms with Gasteiger partial charge in [-0.1, -0.05) is 61.4 Å². The number of aryl methyl sites for hydroxylation is 2. The highest BCUT2D eigenvalue weighted by Gasteiger charge is 2.38. The molecule has 10 heteroatoms. The van der Waals surface area contributed by atoms with Crippen LogP contribution in [0.3, 0.4) is 0 Å². The number of aliphatic hydroxyl groups is 1. The van der Waals surface area contributed by atoms with Crippen LogP contribution in [-0.2, 0) is 20.0 Å². The molecule has 0 saturated carbocycles. The zero-order valence-corrected chi connectivity index (χ0v) is 24.4. The third-order valence-electron chi connectivity index (χ3n) is 6.92. The molecule has 1 heterocycles. The summed E-state index contributed by atoms with van der Waals surface area (Å²) in [5, 5.41) is 13.7. The number of sulfonamides is 2. The molecule has 0 radical (unpaired) electrons. The fraction of sp³-hybridized carbons (Fsp3) is 0.379. The van der Waals surface area contributed by atoms with Crippen molar-refractivity contribution < 1.29 is 21.9 Å². The molecule has 0 spiro atoms. The van der Waals surface area contributed by atoms with Crippen LogP contribution < -0.4 is 9.62 Å². The van der Waals surface area contributed by atoms with Gasteiger partial charge in [0.15, 0.2) is 0 Å². The van der Waals surface area contributed by atoms with Gasteiger partial charge in [0, 0.05) is 12.6 Å². The van der Waals surface area contributed by atoms with E-state index in [1.807, 2.05) is 27.7 Å². The van der Waals surface area contributed by atoms with Crippen LogP contribution in [0.5, 0.6) is 0 Å². The van der Waals surface area contributed by atoms with Crippen molar-refractivity contribution in [1.29, 1.82) is 0 Å². The van der Waals surface area contributed by atoms with E-state index in [-0.39, 0.29) is 35.4 Å². The van der Waals surface area contributed by atoms with Crippen LogP contribution in [0.4, 0.5) is 11.4 Å². The van der Waals surface area contributed by atoms with E-state index in [1.54, 1.807) is 72.8 Å². The van der Waals surface area contributed by atoms with Gasteiger partial charge in [-0.25, -0.2) is 16.8 Å². The molecule has 0 aliphatic carbocycles. The Morgan fingerprint density at radius 3 is 2.03 bits per heavy atom. The van der Waals surface area contributed by atoms with Crippen LogP contribution in [0.15, 0.2) is 82.6 Å². The Morgan fingerprint density at radius 2 is 1.46 bits per heavy atom. The molecule has 210 valence electrons. The maximum absolute atomic E-state index is 13.9. The molecule has 0 saturated heterocycles. The van der Waals surface area contributed by atoms with Gasteiger partial charge in [-0.05, 0) is 62.6 Å². The zero-order valence-electron chi connectivity index (χ0n) is 22.8. The van der Waals surface area contributed by atoms with Gasteiger partial charge in [0.05, 0.1) is 40.4 Å². The summed E-state index contributed by atoms with van der Waals surface area (Å²) in [6, 6.07) is 19.2. The second-order valence-corrected chi connectivity index (χ2v) is 14.3. The number of benzene rings is 3. The Morgan fingerprint density at radius 1 is 0.897 bits per heavy atom. The normalized spacial score (nSPS) is 16.7.